The van der Waals surface area contributed by atoms with Gasteiger partial charge in [0.15, 0.2) is 0 Å². The lowest BCUT2D eigenvalue weighted by Crippen LogP contribution is -2.55. The number of piperidine rings is 1. The molecular formula is C30H37FN4O2. The highest BCUT2D eigenvalue weighted by Crippen LogP contribution is 2.48. The second kappa shape index (κ2) is 9.28. The van der Waals surface area contributed by atoms with E-state index in [0.717, 1.165) is 30.4 Å². The summed E-state index contributed by atoms with van der Waals surface area (Å²) in [4.78, 5) is 23.1. The van der Waals surface area contributed by atoms with E-state index in [2.05, 4.69) is 44.7 Å². The second-order valence-electron chi connectivity index (χ2n) is 11.8. The Labute approximate surface area is 219 Å². The zero-order chi connectivity index (χ0) is 26.5. The number of likely N-dealkylation sites (tertiary alicyclic amines) is 1. The van der Waals surface area contributed by atoms with Crippen molar-refractivity contribution in [1.29, 1.82) is 0 Å². The molecule has 0 N–H and O–H groups in total. The van der Waals surface area contributed by atoms with Crippen LogP contribution in [0, 0.1) is 5.82 Å². The van der Waals surface area contributed by atoms with Crippen LogP contribution in [0.4, 0.5) is 14.9 Å². The number of nitrogens with zero attached hydrogens (tertiary/aromatic N) is 4. The van der Waals surface area contributed by atoms with Crippen LogP contribution in [0.3, 0.4) is 0 Å². The second-order valence-corrected chi connectivity index (χ2v) is 11.8. The Morgan fingerprint density at radius 1 is 1.16 bits per heavy atom. The van der Waals surface area contributed by atoms with Crippen molar-refractivity contribution in [3.05, 3.63) is 77.6 Å². The van der Waals surface area contributed by atoms with Gasteiger partial charge in [0, 0.05) is 36.4 Å². The van der Waals surface area contributed by atoms with Crippen molar-refractivity contribution in [3.8, 4) is 5.75 Å². The largest absolute Gasteiger partial charge is 0.491 e. The Morgan fingerprint density at radius 2 is 1.92 bits per heavy atom. The average molecular weight is 505 g/mol. The van der Waals surface area contributed by atoms with Gasteiger partial charge in [-0.25, -0.2) is 14.2 Å². The van der Waals surface area contributed by atoms with Crippen molar-refractivity contribution < 1.29 is 13.9 Å². The Balaban J connectivity index is 1.48. The lowest BCUT2D eigenvalue weighted by Gasteiger charge is -2.47. The van der Waals surface area contributed by atoms with Gasteiger partial charge in [0.1, 0.15) is 22.9 Å². The van der Waals surface area contributed by atoms with E-state index in [4.69, 9.17) is 9.72 Å². The van der Waals surface area contributed by atoms with Crippen LogP contribution in [0.5, 0.6) is 5.75 Å². The number of carbonyl (C=O) groups excluding carboxylic acids is 1. The fourth-order valence-electron chi connectivity index (χ4n) is 5.71. The van der Waals surface area contributed by atoms with Crippen molar-refractivity contribution in [2.24, 2.45) is 0 Å². The zero-order valence-corrected chi connectivity index (χ0v) is 22.7. The third-order valence-corrected chi connectivity index (χ3v) is 7.51. The molecule has 7 heteroatoms. The molecule has 2 aliphatic rings. The monoisotopic (exact) mass is 504 g/mol. The summed E-state index contributed by atoms with van der Waals surface area (Å²) >= 11 is 0. The van der Waals surface area contributed by atoms with Gasteiger partial charge in [0.25, 0.3) is 0 Å². The van der Waals surface area contributed by atoms with Crippen molar-refractivity contribution in [2.45, 2.75) is 84.0 Å². The molecule has 1 amide bonds. The number of anilines is 1. The SMILES string of the molecule is CC(C)Oc1cccc(CN2CC[C@]3(C[C@@H]2C)c2nc(C(C)(C)C)cn2C(=O)N3c2cccc(F)c2)c1. The van der Waals surface area contributed by atoms with E-state index in [9.17, 15) is 9.18 Å². The number of imidazole rings is 1. The molecule has 3 aromatic rings. The maximum atomic E-state index is 14.3. The first kappa shape index (κ1) is 25.5. The van der Waals surface area contributed by atoms with Crippen LogP contribution in [0.2, 0.25) is 0 Å². The maximum absolute atomic E-state index is 14.3. The average Bonchev–Trinajstić information content (AvgIpc) is 3.35. The Kier molecular flexibility index (Phi) is 6.39. The third-order valence-electron chi connectivity index (χ3n) is 7.51. The molecule has 2 aliphatic heterocycles. The van der Waals surface area contributed by atoms with Crippen molar-refractivity contribution >= 4 is 11.7 Å². The van der Waals surface area contributed by atoms with Gasteiger partial charge in [-0.05, 0) is 69.5 Å². The fourth-order valence-corrected chi connectivity index (χ4v) is 5.71. The van der Waals surface area contributed by atoms with Gasteiger partial charge in [-0.15, -0.1) is 0 Å². The summed E-state index contributed by atoms with van der Waals surface area (Å²) in [5, 5.41) is 0. The quantitative estimate of drug-likeness (QED) is 0.399. The summed E-state index contributed by atoms with van der Waals surface area (Å²) in [7, 11) is 0. The molecule has 1 aromatic heterocycles. The topological polar surface area (TPSA) is 50.6 Å². The van der Waals surface area contributed by atoms with Crippen molar-refractivity contribution in [1.82, 2.24) is 14.5 Å². The van der Waals surface area contributed by atoms with Crippen LogP contribution in [-0.2, 0) is 17.5 Å². The van der Waals surface area contributed by atoms with E-state index in [1.54, 1.807) is 15.5 Å². The summed E-state index contributed by atoms with van der Waals surface area (Å²) in [6, 6.07) is 14.6. The summed E-state index contributed by atoms with van der Waals surface area (Å²) in [5.74, 6) is 1.30. The number of aromatic nitrogens is 2. The summed E-state index contributed by atoms with van der Waals surface area (Å²) in [6.07, 6.45) is 3.41. The number of hydrogen-bond donors (Lipinski definition) is 0. The molecule has 0 aliphatic carbocycles. The van der Waals surface area contributed by atoms with Gasteiger partial charge >= 0.3 is 6.03 Å². The van der Waals surface area contributed by atoms with E-state index < -0.39 is 5.54 Å². The van der Waals surface area contributed by atoms with Crippen LogP contribution < -0.4 is 9.64 Å². The minimum absolute atomic E-state index is 0.124. The van der Waals surface area contributed by atoms with Crippen LogP contribution in [0.25, 0.3) is 0 Å². The molecule has 1 saturated heterocycles. The van der Waals surface area contributed by atoms with E-state index in [1.165, 1.54) is 17.7 Å². The summed E-state index contributed by atoms with van der Waals surface area (Å²) < 4.78 is 21.9. The van der Waals surface area contributed by atoms with Crippen LogP contribution in [0.1, 0.15) is 71.5 Å². The zero-order valence-electron chi connectivity index (χ0n) is 22.7. The van der Waals surface area contributed by atoms with Gasteiger partial charge < -0.3 is 4.74 Å². The molecule has 2 aromatic carbocycles. The molecule has 196 valence electrons. The number of benzene rings is 2. The summed E-state index contributed by atoms with van der Waals surface area (Å²) in [6.45, 7) is 14.2. The van der Waals surface area contributed by atoms with Crippen LogP contribution in [-0.4, -0.2) is 39.2 Å². The number of fused-ring (bicyclic) bond motifs is 2. The molecule has 0 saturated carbocycles. The minimum Gasteiger partial charge on any atom is -0.491 e. The van der Waals surface area contributed by atoms with E-state index in [-0.39, 0.29) is 29.4 Å². The van der Waals surface area contributed by atoms with Gasteiger partial charge in [-0.2, -0.15) is 0 Å². The smallest absolute Gasteiger partial charge is 0.335 e. The van der Waals surface area contributed by atoms with Crippen molar-refractivity contribution in [3.63, 3.8) is 0 Å². The van der Waals surface area contributed by atoms with Crippen LogP contribution >= 0.6 is 0 Å². The minimum atomic E-state index is -0.632. The van der Waals surface area contributed by atoms with Gasteiger partial charge in [0.05, 0.1) is 11.8 Å². The molecule has 1 spiro atoms. The standard InChI is InChI=1S/C30H37FN4O2/c1-20(2)37-25-12-7-9-22(15-25)18-33-14-13-30(17-21(33)3)27-32-26(29(4,5)6)19-34(27)28(36)35(30)24-11-8-10-23(31)16-24/h7-12,15-16,19-21H,13-14,17-18H2,1-6H3/t21-,30-/m0/s1. The van der Waals surface area contributed by atoms with Gasteiger partial charge in [0.2, 0.25) is 0 Å². The molecule has 5 rings (SSSR count). The normalized spacial score (nSPS) is 22.2. The number of ether oxygens (including phenoxy) is 1. The lowest BCUT2D eigenvalue weighted by atomic mass is 9.81. The highest BCUT2D eigenvalue weighted by molar-refractivity contribution is 5.99. The predicted molar refractivity (Wildman–Crippen MR) is 144 cm³/mol. The molecular weight excluding hydrogens is 467 g/mol. The number of amides is 1. The first-order valence-corrected chi connectivity index (χ1v) is 13.2. The van der Waals surface area contributed by atoms with E-state index in [1.807, 2.05) is 38.2 Å². The first-order chi connectivity index (χ1) is 17.5. The molecule has 0 radical (unpaired) electrons. The van der Waals surface area contributed by atoms with Gasteiger partial charge in [-0.1, -0.05) is 39.0 Å². The lowest BCUT2D eigenvalue weighted by molar-refractivity contribution is 0.0966. The van der Waals surface area contributed by atoms with E-state index in [0.29, 0.717) is 18.5 Å². The number of halogens is 1. The number of rotatable bonds is 5. The molecule has 1 fully saturated rings. The van der Waals surface area contributed by atoms with Crippen molar-refractivity contribution in [2.75, 3.05) is 11.4 Å². The summed E-state index contributed by atoms with van der Waals surface area (Å²) in [5.41, 5.74) is 1.85. The molecule has 3 heterocycles. The van der Waals surface area contributed by atoms with Gasteiger partial charge in [-0.3, -0.25) is 14.4 Å². The number of hydrogen-bond acceptors (Lipinski definition) is 4. The Morgan fingerprint density at radius 3 is 2.59 bits per heavy atom. The highest BCUT2D eigenvalue weighted by atomic mass is 19.1. The Hall–Kier alpha value is -3.19. The highest BCUT2D eigenvalue weighted by Gasteiger charge is 2.55. The molecule has 6 nitrogen and oxygen atoms in total. The molecule has 0 bridgehead atoms. The first-order valence-electron chi connectivity index (χ1n) is 13.2. The Bertz CT molecular complexity index is 1310. The number of carbonyl (C=O) groups is 1. The van der Waals surface area contributed by atoms with Crippen LogP contribution in [0.15, 0.2) is 54.7 Å². The molecule has 2 atom stereocenters. The van der Waals surface area contributed by atoms with E-state index >= 15 is 0 Å². The maximum Gasteiger partial charge on any atom is 0.335 e. The fraction of sp³-hybridized carbons (Fsp3) is 0.467. The molecule has 0 unspecified atom stereocenters. The molecule has 37 heavy (non-hydrogen) atoms. The third kappa shape index (κ3) is 4.65. The predicted octanol–water partition coefficient (Wildman–Crippen LogP) is 6.48.